The molecule has 0 unspecified atom stereocenters. The molecule has 0 spiro atoms. The van der Waals surface area contributed by atoms with Gasteiger partial charge in [0.2, 0.25) is 5.91 Å². The molecule has 1 aliphatic heterocycles. The summed E-state index contributed by atoms with van der Waals surface area (Å²) >= 11 is 0. The minimum absolute atomic E-state index is 0.0542. The van der Waals surface area contributed by atoms with Gasteiger partial charge in [-0.1, -0.05) is 30.3 Å². The maximum absolute atomic E-state index is 12.0. The first-order valence-electron chi connectivity index (χ1n) is 7.51. The zero-order valence-electron chi connectivity index (χ0n) is 12.8. The summed E-state index contributed by atoms with van der Waals surface area (Å²) in [6.07, 6.45) is -0.351. The minimum Gasteiger partial charge on any atom is -0.486 e. The van der Waals surface area contributed by atoms with Gasteiger partial charge in [0.15, 0.2) is 11.5 Å². The van der Waals surface area contributed by atoms with Gasteiger partial charge in [-0.15, -0.1) is 0 Å². The number of amides is 1. The first-order chi connectivity index (χ1) is 11.6. The SMILES string of the molecule is O=C(Cc1ccccc1[N+](=O)[O-])NC[C@H]1COc2ccccc2O1. The Morgan fingerprint density at radius 2 is 1.88 bits per heavy atom. The number of rotatable bonds is 5. The third-order valence-corrected chi connectivity index (χ3v) is 3.63. The Kier molecular flexibility index (Phi) is 4.60. The monoisotopic (exact) mass is 328 g/mol. The fourth-order valence-corrected chi connectivity index (χ4v) is 2.47. The zero-order chi connectivity index (χ0) is 16.9. The highest BCUT2D eigenvalue weighted by molar-refractivity contribution is 5.79. The topological polar surface area (TPSA) is 90.7 Å². The van der Waals surface area contributed by atoms with Gasteiger partial charge in [0, 0.05) is 11.6 Å². The van der Waals surface area contributed by atoms with Crippen LogP contribution < -0.4 is 14.8 Å². The van der Waals surface area contributed by atoms with Gasteiger partial charge in [-0.25, -0.2) is 0 Å². The number of nitrogens with zero attached hydrogens (tertiary/aromatic N) is 1. The molecule has 0 fully saturated rings. The van der Waals surface area contributed by atoms with E-state index in [1.54, 1.807) is 24.3 Å². The van der Waals surface area contributed by atoms with E-state index >= 15 is 0 Å². The highest BCUT2D eigenvalue weighted by Crippen LogP contribution is 2.30. The Morgan fingerprint density at radius 1 is 1.17 bits per heavy atom. The smallest absolute Gasteiger partial charge is 0.273 e. The second kappa shape index (κ2) is 6.99. The van der Waals surface area contributed by atoms with Crippen LogP contribution in [0.4, 0.5) is 5.69 Å². The van der Waals surface area contributed by atoms with Crippen LogP contribution in [0.5, 0.6) is 11.5 Å². The summed E-state index contributed by atoms with van der Waals surface area (Å²) in [5.41, 5.74) is 0.324. The van der Waals surface area contributed by atoms with Crippen molar-refractivity contribution in [2.45, 2.75) is 12.5 Å². The van der Waals surface area contributed by atoms with Gasteiger partial charge in [0.1, 0.15) is 12.7 Å². The molecule has 1 N–H and O–H groups in total. The number of nitro benzene ring substituents is 1. The van der Waals surface area contributed by atoms with E-state index in [0.717, 1.165) is 0 Å². The number of hydrogen-bond acceptors (Lipinski definition) is 5. The number of hydrogen-bond donors (Lipinski definition) is 1. The predicted molar refractivity (Wildman–Crippen MR) is 86.2 cm³/mol. The molecule has 3 rings (SSSR count). The molecule has 0 aliphatic carbocycles. The number of para-hydroxylation sites is 3. The number of nitrogens with one attached hydrogen (secondary N) is 1. The maximum Gasteiger partial charge on any atom is 0.273 e. The molecule has 0 radical (unpaired) electrons. The largest absolute Gasteiger partial charge is 0.486 e. The van der Waals surface area contributed by atoms with Crippen LogP contribution in [0.3, 0.4) is 0 Å². The molecule has 0 bridgehead atoms. The normalized spacial score (nSPS) is 15.6. The van der Waals surface area contributed by atoms with Gasteiger partial charge in [-0.05, 0) is 12.1 Å². The summed E-state index contributed by atoms with van der Waals surface area (Å²) < 4.78 is 11.3. The summed E-state index contributed by atoms with van der Waals surface area (Å²) in [5, 5.41) is 13.7. The second-order valence-electron chi connectivity index (χ2n) is 5.36. The van der Waals surface area contributed by atoms with Crippen LogP contribution in [0.25, 0.3) is 0 Å². The van der Waals surface area contributed by atoms with Crippen molar-refractivity contribution in [2.75, 3.05) is 13.2 Å². The molecular weight excluding hydrogens is 312 g/mol. The van der Waals surface area contributed by atoms with Gasteiger partial charge < -0.3 is 14.8 Å². The third kappa shape index (κ3) is 3.62. The van der Waals surface area contributed by atoms with Crippen LogP contribution in [-0.2, 0) is 11.2 Å². The first kappa shape index (κ1) is 15.8. The summed E-state index contributed by atoms with van der Waals surface area (Å²) in [4.78, 5) is 22.5. The van der Waals surface area contributed by atoms with Crippen LogP contribution in [-0.4, -0.2) is 30.1 Å². The van der Waals surface area contributed by atoms with E-state index in [0.29, 0.717) is 23.7 Å². The average molecular weight is 328 g/mol. The molecule has 1 amide bonds. The molecule has 7 heteroatoms. The lowest BCUT2D eigenvalue weighted by Gasteiger charge is -2.26. The Labute approximate surface area is 138 Å². The van der Waals surface area contributed by atoms with Crippen molar-refractivity contribution >= 4 is 11.6 Å². The van der Waals surface area contributed by atoms with E-state index in [2.05, 4.69) is 5.32 Å². The predicted octanol–water partition coefficient (Wildman–Crippen LogP) is 2.09. The van der Waals surface area contributed by atoms with Crippen molar-refractivity contribution in [1.82, 2.24) is 5.32 Å². The fourth-order valence-electron chi connectivity index (χ4n) is 2.47. The minimum atomic E-state index is -0.488. The number of ether oxygens (including phenoxy) is 2. The van der Waals surface area contributed by atoms with Crippen LogP contribution in [0, 0.1) is 10.1 Å². The molecule has 7 nitrogen and oxygen atoms in total. The number of nitro groups is 1. The average Bonchev–Trinajstić information content (AvgIpc) is 2.60. The number of benzene rings is 2. The highest BCUT2D eigenvalue weighted by Gasteiger charge is 2.22. The van der Waals surface area contributed by atoms with Crippen molar-refractivity contribution in [3.05, 3.63) is 64.2 Å². The van der Waals surface area contributed by atoms with Crippen molar-refractivity contribution in [2.24, 2.45) is 0 Å². The second-order valence-corrected chi connectivity index (χ2v) is 5.36. The molecule has 1 heterocycles. The van der Waals surface area contributed by atoms with Crippen molar-refractivity contribution in [3.63, 3.8) is 0 Å². The van der Waals surface area contributed by atoms with Gasteiger partial charge in [0.25, 0.3) is 5.69 Å². The van der Waals surface area contributed by atoms with E-state index in [9.17, 15) is 14.9 Å². The van der Waals surface area contributed by atoms with Crippen LogP contribution in [0.1, 0.15) is 5.56 Å². The zero-order valence-corrected chi connectivity index (χ0v) is 12.8. The Bertz CT molecular complexity index is 762. The lowest BCUT2D eigenvalue weighted by atomic mass is 10.1. The van der Waals surface area contributed by atoms with Crippen molar-refractivity contribution < 1.29 is 19.2 Å². The first-order valence-corrected chi connectivity index (χ1v) is 7.51. The molecule has 0 aromatic heterocycles. The van der Waals surface area contributed by atoms with Gasteiger partial charge in [-0.3, -0.25) is 14.9 Å². The molecule has 24 heavy (non-hydrogen) atoms. The summed E-state index contributed by atoms with van der Waals surface area (Å²) in [5.74, 6) is 1.02. The number of carbonyl (C=O) groups excluding carboxylic acids is 1. The lowest BCUT2D eigenvalue weighted by molar-refractivity contribution is -0.385. The number of carbonyl (C=O) groups is 1. The molecule has 0 saturated heterocycles. The van der Waals surface area contributed by atoms with Crippen LogP contribution in [0.15, 0.2) is 48.5 Å². The third-order valence-electron chi connectivity index (χ3n) is 3.63. The quantitative estimate of drug-likeness (QED) is 0.670. The van der Waals surface area contributed by atoms with E-state index in [1.165, 1.54) is 6.07 Å². The van der Waals surface area contributed by atoms with E-state index in [-0.39, 0.29) is 30.7 Å². The van der Waals surface area contributed by atoms with E-state index in [1.807, 2.05) is 18.2 Å². The van der Waals surface area contributed by atoms with Crippen molar-refractivity contribution in [1.29, 1.82) is 0 Å². The molecule has 1 aliphatic rings. The molecule has 2 aromatic carbocycles. The van der Waals surface area contributed by atoms with E-state index < -0.39 is 4.92 Å². The van der Waals surface area contributed by atoms with E-state index in [4.69, 9.17) is 9.47 Å². The molecule has 1 atom stereocenters. The highest BCUT2D eigenvalue weighted by atomic mass is 16.6. The Morgan fingerprint density at radius 3 is 2.67 bits per heavy atom. The molecule has 124 valence electrons. The lowest BCUT2D eigenvalue weighted by Crippen LogP contribution is -2.41. The van der Waals surface area contributed by atoms with Gasteiger partial charge >= 0.3 is 0 Å². The maximum atomic E-state index is 12.0. The van der Waals surface area contributed by atoms with Crippen molar-refractivity contribution in [3.8, 4) is 11.5 Å². The summed E-state index contributed by atoms with van der Waals surface area (Å²) in [6.45, 7) is 0.608. The Balaban J connectivity index is 1.55. The standard InChI is InChI=1S/C17H16N2O5/c20-17(9-12-5-1-2-6-14(12)19(21)22)18-10-13-11-23-15-7-3-4-8-16(15)24-13/h1-8,13H,9-11H2,(H,18,20)/t13-/m0/s1. The summed E-state index contributed by atoms with van der Waals surface area (Å²) in [7, 11) is 0. The van der Waals surface area contributed by atoms with Crippen LogP contribution in [0.2, 0.25) is 0 Å². The number of fused-ring (bicyclic) bond motifs is 1. The molecule has 2 aromatic rings. The molecular formula is C17H16N2O5. The van der Waals surface area contributed by atoms with Gasteiger partial charge in [0.05, 0.1) is 17.9 Å². The Hall–Kier alpha value is -3.09. The summed E-state index contributed by atoms with van der Waals surface area (Å²) in [6, 6.07) is 13.5. The van der Waals surface area contributed by atoms with Gasteiger partial charge in [-0.2, -0.15) is 0 Å². The van der Waals surface area contributed by atoms with Crippen LogP contribution >= 0.6 is 0 Å². The fraction of sp³-hybridized carbons (Fsp3) is 0.235. The molecule has 0 saturated carbocycles.